The quantitative estimate of drug-likeness (QED) is 0.281. The molecule has 0 unspecified atom stereocenters. The van der Waals surface area contributed by atoms with Crippen LogP contribution in [-0.4, -0.2) is 80.7 Å². The van der Waals surface area contributed by atoms with E-state index in [-0.39, 0.29) is 59.5 Å². The molecule has 13 heteroatoms. The fourth-order valence-electron chi connectivity index (χ4n) is 6.16. The van der Waals surface area contributed by atoms with Crippen LogP contribution in [0.2, 0.25) is 0 Å². The summed E-state index contributed by atoms with van der Waals surface area (Å²) >= 11 is 0. The van der Waals surface area contributed by atoms with Gasteiger partial charge in [-0.25, -0.2) is 9.50 Å². The maximum absolute atomic E-state index is 14.4. The lowest BCUT2D eigenvalue weighted by atomic mass is 10.0. The molecule has 242 valence electrons. The molecule has 0 bridgehead atoms. The normalized spacial score (nSPS) is 18.1. The molecule has 2 aromatic carbocycles. The number of methoxy groups -OCH3 is 1. The molecule has 10 nitrogen and oxygen atoms in total. The minimum atomic E-state index is -4.75. The van der Waals surface area contributed by atoms with E-state index in [1.54, 1.807) is 29.2 Å². The van der Waals surface area contributed by atoms with Gasteiger partial charge in [-0.3, -0.25) is 14.5 Å². The molecule has 1 aliphatic carbocycles. The number of hydrogen-bond donors (Lipinski definition) is 2. The number of alkyl halides is 3. The largest absolute Gasteiger partial charge is 0.497 e. The first-order valence-corrected chi connectivity index (χ1v) is 15.2. The van der Waals surface area contributed by atoms with Crippen molar-refractivity contribution in [3.8, 4) is 17.0 Å². The number of fused-ring (bicyclic) bond motifs is 1. The summed E-state index contributed by atoms with van der Waals surface area (Å²) in [6.07, 6.45) is -1.82. The van der Waals surface area contributed by atoms with Gasteiger partial charge in [0.15, 0.2) is 11.3 Å². The maximum Gasteiger partial charge on any atom is 0.433 e. The van der Waals surface area contributed by atoms with E-state index in [4.69, 9.17) is 4.74 Å². The Balaban J connectivity index is 1.26. The van der Waals surface area contributed by atoms with Gasteiger partial charge in [0, 0.05) is 48.4 Å². The monoisotopic (exact) mass is 636 g/mol. The predicted molar refractivity (Wildman–Crippen MR) is 164 cm³/mol. The number of halogens is 3. The molecule has 2 N–H and O–H groups in total. The number of aliphatic hydroxyl groups excluding tert-OH is 1. The molecule has 0 spiro atoms. The molecule has 1 saturated carbocycles. The predicted octanol–water partition coefficient (Wildman–Crippen LogP) is 4.96. The van der Waals surface area contributed by atoms with E-state index in [0.717, 1.165) is 24.6 Å². The number of rotatable bonds is 8. The number of carbonyl (C=O) groups is 2. The first-order valence-electron chi connectivity index (χ1n) is 15.2. The third-order valence-corrected chi connectivity index (χ3v) is 8.77. The van der Waals surface area contributed by atoms with Crippen LogP contribution < -0.4 is 10.1 Å². The SMILES string of the molecule is COc1ccc(-c2nc3c(C(=O)N4CCN([C@@H](CO)c5cccc(NC(=O)C6CC6)c5)C[C@H]4C)cnn3c(C(F)(F)F)c2C)cc1. The minimum Gasteiger partial charge on any atom is -0.497 e. The number of nitrogens with one attached hydrogen (secondary N) is 1. The Kier molecular flexibility index (Phi) is 8.47. The number of ether oxygens (including phenoxy) is 1. The van der Waals surface area contributed by atoms with Crippen molar-refractivity contribution in [1.29, 1.82) is 0 Å². The molecule has 1 saturated heterocycles. The maximum atomic E-state index is 14.4. The average Bonchev–Trinajstić information content (AvgIpc) is 3.80. The summed E-state index contributed by atoms with van der Waals surface area (Å²) in [7, 11) is 1.50. The van der Waals surface area contributed by atoms with Crippen molar-refractivity contribution in [2.45, 2.75) is 44.9 Å². The van der Waals surface area contributed by atoms with Crippen molar-refractivity contribution in [2.24, 2.45) is 5.92 Å². The molecular formula is C33H35F3N6O4. The second kappa shape index (κ2) is 12.4. The summed E-state index contributed by atoms with van der Waals surface area (Å²) < 4.78 is 49.0. The first kappa shape index (κ1) is 31.5. The number of piperazine rings is 1. The topological polar surface area (TPSA) is 112 Å². The number of amides is 2. The summed E-state index contributed by atoms with van der Waals surface area (Å²) in [5.74, 6) is 0.125. The van der Waals surface area contributed by atoms with E-state index in [1.807, 2.05) is 31.2 Å². The van der Waals surface area contributed by atoms with Crippen LogP contribution >= 0.6 is 0 Å². The minimum absolute atomic E-state index is 0.00531. The van der Waals surface area contributed by atoms with Crippen molar-refractivity contribution >= 4 is 23.1 Å². The summed E-state index contributed by atoms with van der Waals surface area (Å²) in [5.41, 5.74) is 0.714. The molecule has 6 rings (SSSR count). The highest BCUT2D eigenvalue weighted by Gasteiger charge is 2.40. The Morgan fingerprint density at radius 2 is 1.87 bits per heavy atom. The van der Waals surface area contributed by atoms with Gasteiger partial charge in [-0.05, 0) is 68.7 Å². The smallest absolute Gasteiger partial charge is 0.433 e. The number of carbonyl (C=O) groups excluding carboxylic acids is 2. The Morgan fingerprint density at radius 1 is 1.13 bits per heavy atom. The van der Waals surface area contributed by atoms with E-state index in [1.165, 1.54) is 14.0 Å². The van der Waals surface area contributed by atoms with Gasteiger partial charge in [-0.2, -0.15) is 18.3 Å². The first-order chi connectivity index (χ1) is 22.0. The summed E-state index contributed by atoms with van der Waals surface area (Å²) in [5, 5.41) is 17.3. The molecule has 2 aliphatic rings. The van der Waals surface area contributed by atoms with Crippen molar-refractivity contribution in [3.05, 3.63) is 77.1 Å². The van der Waals surface area contributed by atoms with Crippen LogP contribution in [0.1, 0.15) is 53.0 Å². The third kappa shape index (κ3) is 6.04. The molecule has 0 radical (unpaired) electrons. The van der Waals surface area contributed by atoms with Gasteiger partial charge >= 0.3 is 6.18 Å². The molecule has 1 aliphatic heterocycles. The summed E-state index contributed by atoms with van der Waals surface area (Å²) in [4.78, 5) is 34.4. The molecular weight excluding hydrogens is 601 g/mol. The Bertz CT molecular complexity index is 1770. The van der Waals surface area contributed by atoms with Crippen molar-refractivity contribution < 1.29 is 32.6 Å². The van der Waals surface area contributed by atoms with E-state index in [0.29, 0.717) is 34.6 Å². The lowest BCUT2D eigenvalue weighted by Gasteiger charge is -2.43. The molecule has 2 fully saturated rings. The molecule has 4 aromatic rings. The van der Waals surface area contributed by atoms with E-state index < -0.39 is 17.8 Å². The van der Waals surface area contributed by atoms with Crippen molar-refractivity contribution in [3.63, 3.8) is 0 Å². The third-order valence-electron chi connectivity index (χ3n) is 8.77. The van der Waals surface area contributed by atoms with Crippen LogP contribution in [0.4, 0.5) is 18.9 Å². The van der Waals surface area contributed by atoms with Crippen LogP contribution in [0, 0.1) is 12.8 Å². The van der Waals surface area contributed by atoms with Crippen LogP contribution in [0.3, 0.4) is 0 Å². The van der Waals surface area contributed by atoms with Crippen LogP contribution in [0.25, 0.3) is 16.9 Å². The van der Waals surface area contributed by atoms with Gasteiger partial charge < -0.3 is 20.1 Å². The van der Waals surface area contributed by atoms with Crippen LogP contribution in [0.5, 0.6) is 5.75 Å². The number of benzene rings is 2. The van der Waals surface area contributed by atoms with Gasteiger partial charge in [-0.1, -0.05) is 12.1 Å². The van der Waals surface area contributed by atoms with Gasteiger partial charge in [0.25, 0.3) is 5.91 Å². The Hall–Kier alpha value is -4.49. The molecule has 2 atom stereocenters. The lowest BCUT2D eigenvalue weighted by molar-refractivity contribution is -0.143. The molecule has 46 heavy (non-hydrogen) atoms. The van der Waals surface area contributed by atoms with Crippen LogP contribution in [0.15, 0.2) is 54.7 Å². The van der Waals surface area contributed by atoms with Crippen LogP contribution in [-0.2, 0) is 11.0 Å². The fraction of sp³-hybridized carbons (Fsp3) is 0.394. The summed E-state index contributed by atoms with van der Waals surface area (Å²) in [6.45, 7) is 4.12. The van der Waals surface area contributed by atoms with Gasteiger partial charge in [0.1, 0.15) is 11.3 Å². The number of aromatic nitrogens is 3. The number of aliphatic hydroxyl groups is 1. The van der Waals surface area contributed by atoms with Gasteiger partial charge in [0.05, 0.1) is 31.6 Å². The van der Waals surface area contributed by atoms with Gasteiger partial charge in [0.2, 0.25) is 5.91 Å². The highest BCUT2D eigenvalue weighted by Crippen LogP contribution is 2.37. The zero-order valence-electron chi connectivity index (χ0n) is 25.7. The zero-order valence-corrected chi connectivity index (χ0v) is 25.7. The standard InChI is InChI=1S/C33H35F3N6O4/c1-19-17-40(27(18-43)23-5-4-6-24(15-23)38-31(44)22-7-8-22)13-14-41(19)32(45)26-16-37-42-29(33(34,35)36)20(2)28(39-30(26)42)21-9-11-25(46-3)12-10-21/h4-6,9-12,15-16,19,22,27,43H,7-8,13-14,17-18H2,1-3H3,(H,38,44)/t19-,27+/m1/s1. The lowest BCUT2D eigenvalue weighted by Crippen LogP contribution is -2.55. The van der Waals surface area contributed by atoms with E-state index in [2.05, 4.69) is 20.3 Å². The van der Waals surface area contributed by atoms with Crippen molar-refractivity contribution in [1.82, 2.24) is 24.4 Å². The number of nitrogens with zero attached hydrogens (tertiary/aromatic N) is 5. The van der Waals surface area contributed by atoms with E-state index in [9.17, 15) is 27.9 Å². The Labute approximate surface area is 263 Å². The molecule has 2 aromatic heterocycles. The Morgan fingerprint density at radius 3 is 2.50 bits per heavy atom. The number of hydrogen-bond acceptors (Lipinski definition) is 7. The van der Waals surface area contributed by atoms with E-state index >= 15 is 0 Å². The summed E-state index contributed by atoms with van der Waals surface area (Å²) in [6, 6.07) is 13.2. The van der Waals surface area contributed by atoms with Crippen molar-refractivity contribution in [2.75, 3.05) is 38.7 Å². The van der Waals surface area contributed by atoms with Gasteiger partial charge in [-0.15, -0.1) is 0 Å². The second-order valence-corrected chi connectivity index (χ2v) is 11.9. The highest BCUT2D eigenvalue weighted by molar-refractivity contribution is 6.00. The molecule has 3 heterocycles. The zero-order chi connectivity index (χ0) is 32.7. The highest BCUT2D eigenvalue weighted by atomic mass is 19.4. The number of anilines is 1. The molecule has 2 amide bonds. The second-order valence-electron chi connectivity index (χ2n) is 11.9. The fourth-order valence-corrected chi connectivity index (χ4v) is 6.16. The average molecular weight is 637 g/mol.